The summed E-state index contributed by atoms with van der Waals surface area (Å²) in [4.78, 5) is 14.2. The molecule has 156 valence electrons. The quantitative estimate of drug-likeness (QED) is 0.464. The molecule has 0 radical (unpaired) electrons. The molecule has 0 aliphatic carbocycles. The number of benzene rings is 3. The molecule has 0 aromatic heterocycles. The third-order valence-corrected chi connectivity index (χ3v) is 4.76. The third-order valence-electron chi connectivity index (χ3n) is 4.76. The van der Waals surface area contributed by atoms with Crippen molar-refractivity contribution in [3.05, 3.63) is 89.5 Å². The molecule has 0 saturated carbocycles. The summed E-state index contributed by atoms with van der Waals surface area (Å²) in [6.07, 6.45) is 0. The van der Waals surface area contributed by atoms with Gasteiger partial charge in [0.05, 0.1) is 26.4 Å². The SMILES string of the molecule is CCOC(=O)c1ccc(N(Cc2cccc(OC)c2)Cc2cccc(OC)c2)cc1. The van der Waals surface area contributed by atoms with Gasteiger partial charge in [0.1, 0.15) is 11.5 Å². The normalized spacial score (nSPS) is 10.4. The van der Waals surface area contributed by atoms with E-state index in [4.69, 9.17) is 14.2 Å². The maximum atomic E-state index is 12.0. The summed E-state index contributed by atoms with van der Waals surface area (Å²) in [5, 5.41) is 0. The van der Waals surface area contributed by atoms with Crippen molar-refractivity contribution in [1.29, 1.82) is 0 Å². The average molecular weight is 405 g/mol. The smallest absolute Gasteiger partial charge is 0.338 e. The second-order valence-corrected chi connectivity index (χ2v) is 6.83. The van der Waals surface area contributed by atoms with Crippen LogP contribution in [0, 0.1) is 0 Å². The highest BCUT2D eigenvalue weighted by Crippen LogP contribution is 2.24. The fourth-order valence-electron chi connectivity index (χ4n) is 3.24. The van der Waals surface area contributed by atoms with Crippen molar-refractivity contribution in [1.82, 2.24) is 0 Å². The molecule has 0 aliphatic heterocycles. The van der Waals surface area contributed by atoms with Crippen molar-refractivity contribution in [2.24, 2.45) is 0 Å². The van der Waals surface area contributed by atoms with Gasteiger partial charge in [0.2, 0.25) is 0 Å². The van der Waals surface area contributed by atoms with Crippen LogP contribution in [0.5, 0.6) is 11.5 Å². The fourth-order valence-corrected chi connectivity index (χ4v) is 3.24. The van der Waals surface area contributed by atoms with Crippen molar-refractivity contribution in [3.63, 3.8) is 0 Å². The molecule has 3 rings (SSSR count). The van der Waals surface area contributed by atoms with E-state index in [1.165, 1.54) is 0 Å². The number of ether oxygens (including phenoxy) is 3. The number of hydrogen-bond acceptors (Lipinski definition) is 5. The monoisotopic (exact) mass is 405 g/mol. The van der Waals surface area contributed by atoms with E-state index in [1.807, 2.05) is 48.5 Å². The van der Waals surface area contributed by atoms with Crippen LogP contribution in [0.4, 0.5) is 5.69 Å². The summed E-state index contributed by atoms with van der Waals surface area (Å²) in [5.74, 6) is 1.34. The predicted octanol–water partition coefficient (Wildman–Crippen LogP) is 5.09. The van der Waals surface area contributed by atoms with Crippen molar-refractivity contribution in [2.75, 3.05) is 25.7 Å². The molecule has 0 aliphatic rings. The summed E-state index contributed by atoms with van der Waals surface area (Å²) in [5.41, 5.74) is 3.82. The summed E-state index contributed by atoms with van der Waals surface area (Å²) in [6.45, 7) is 3.54. The van der Waals surface area contributed by atoms with Crippen molar-refractivity contribution in [2.45, 2.75) is 20.0 Å². The van der Waals surface area contributed by atoms with Gasteiger partial charge in [-0.25, -0.2) is 4.79 Å². The van der Waals surface area contributed by atoms with Gasteiger partial charge < -0.3 is 19.1 Å². The number of carbonyl (C=O) groups is 1. The third kappa shape index (κ3) is 5.54. The van der Waals surface area contributed by atoms with E-state index in [0.29, 0.717) is 25.3 Å². The van der Waals surface area contributed by atoms with Gasteiger partial charge in [0, 0.05) is 18.8 Å². The standard InChI is InChI=1S/C25H27NO4/c1-4-30-25(27)21-11-13-22(14-12-21)26(17-19-7-5-9-23(15-19)28-2)18-20-8-6-10-24(16-20)29-3/h5-16H,4,17-18H2,1-3H3. The fraction of sp³-hybridized carbons (Fsp3) is 0.240. The van der Waals surface area contributed by atoms with Crippen LogP contribution in [0.15, 0.2) is 72.8 Å². The second kappa shape index (κ2) is 10.3. The molecule has 0 fully saturated rings. The zero-order valence-corrected chi connectivity index (χ0v) is 17.6. The predicted molar refractivity (Wildman–Crippen MR) is 118 cm³/mol. The number of hydrogen-bond donors (Lipinski definition) is 0. The molecule has 0 saturated heterocycles. The lowest BCUT2D eigenvalue weighted by molar-refractivity contribution is 0.0526. The minimum Gasteiger partial charge on any atom is -0.497 e. The maximum Gasteiger partial charge on any atom is 0.338 e. The van der Waals surface area contributed by atoms with Crippen molar-refractivity contribution in [3.8, 4) is 11.5 Å². The Labute approximate surface area is 177 Å². The molecular weight excluding hydrogens is 378 g/mol. The minimum atomic E-state index is -0.309. The Balaban J connectivity index is 1.88. The van der Waals surface area contributed by atoms with E-state index in [9.17, 15) is 4.79 Å². The van der Waals surface area contributed by atoms with Crippen LogP contribution in [0.1, 0.15) is 28.4 Å². The molecule has 5 heteroatoms. The van der Waals surface area contributed by atoms with Crippen molar-refractivity contribution >= 4 is 11.7 Å². The van der Waals surface area contributed by atoms with E-state index >= 15 is 0 Å². The minimum absolute atomic E-state index is 0.309. The van der Waals surface area contributed by atoms with Crippen LogP contribution in [0.2, 0.25) is 0 Å². The van der Waals surface area contributed by atoms with E-state index in [-0.39, 0.29) is 5.97 Å². The van der Waals surface area contributed by atoms with Crippen molar-refractivity contribution < 1.29 is 19.0 Å². The van der Waals surface area contributed by atoms with Gasteiger partial charge in [-0.05, 0) is 66.6 Å². The Kier molecular flexibility index (Phi) is 7.33. The molecule has 0 unspecified atom stereocenters. The number of carbonyl (C=O) groups excluding carboxylic acids is 1. The highest BCUT2D eigenvalue weighted by molar-refractivity contribution is 5.89. The molecule has 0 atom stereocenters. The molecule has 5 nitrogen and oxygen atoms in total. The zero-order chi connectivity index (χ0) is 21.3. The Morgan fingerprint density at radius 3 is 1.80 bits per heavy atom. The lowest BCUT2D eigenvalue weighted by Crippen LogP contribution is -2.22. The average Bonchev–Trinajstić information content (AvgIpc) is 2.79. The Morgan fingerprint density at radius 2 is 1.33 bits per heavy atom. The first-order chi connectivity index (χ1) is 14.6. The van der Waals surface area contributed by atoms with Gasteiger partial charge in [0.25, 0.3) is 0 Å². The Bertz CT molecular complexity index is 919. The first-order valence-corrected chi connectivity index (χ1v) is 9.91. The van der Waals surface area contributed by atoms with E-state index in [0.717, 1.165) is 28.3 Å². The number of anilines is 1. The van der Waals surface area contributed by atoms with Crippen LogP contribution in [-0.2, 0) is 17.8 Å². The van der Waals surface area contributed by atoms with Gasteiger partial charge >= 0.3 is 5.97 Å². The second-order valence-electron chi connectivity index (χ2n) is 6.83. The largest absolute Gasteiger partial charge is 0.497 e. The number of rotatable bonds is 9. The van der Waals surface area contributed by atoms with Gasteiger partial charge in [-0.2, -0.15) is 0 Å². The molecule has 3 aromatic rings. The van der Waals surface area contributed by atoms with E-state index < -0.39 is 0 Å². The Hall–Kier alpha value is -3.47. The van der Waals surface area contributed by atoms with Gasteiger partial charge in [-0.15, -0.1) is 0 Å². The number of nitrogens with zero attached hydrogens (tertiary/aromatic N) is 1. The summed E-state index contributed by atoms with van der Waals surface area (Å²) < 4.78 is 15.8. The molecule has 0 N–H and O–H groups in total. The maximum absolute atomic E-state index is 12.0. The topological polar surface area (TPSA) is 48.0 Å². The van der Waals surface area contributed by atoms with E-state index in [2.05, 4.69) is 17.0 Å². The summed E-state index contributed by atoms with van der Waals surface area (Å²) in [7, 11) is 3.34. The highest BCUT2D eigenvalue weighted by Gasteiger charge is 2.12. The zero-order valence-electron chi connectivity index (χ0n) is 17.6. The Morgan fingerprint density at radius 1 is 0.800 bits per heavy atom. The van der Waals surface area contributed by atoms with Crippen LogP contribution < -0.4 is 14.4 Å². The summed E-state index contributed by atoms with van der Waals surface area (Å²) >= 11 is 0. The molecule has 0 amide bonds. The van der Waals surface area contributed by atoms with Crippen LogP contribution in [0.25, 0.3) is 0 Å². The first kappa shape index (κ1) is 21.2. The molecule has 30 heavy (non-hydrogen) atoms. The number of methoxy groups -OCH3 is 2. The van der Waals surface area contributed by atoms with Gasteiger partial charge in [-0.1, -0.05) is 24.3 Å². The summed E-state index contributed by atoms with van der Waals surface area (Å²) in [6, 6.07) is 23.6. The molecule has 0 heterocycles. The van der Waals surface area contributed by atoms with Gasteiger partial charge in [0.15, 0.2) is 0 Å². The van der Waals surface area contributed by atoms with Gasteiger partial charge in [-0.3, -0.25) is 0 Å². The van der Waals surface area contributed by atoms with E-state index in [1.54, 1.807) is 33.3 Å². The molecule has 0 spiro atoms. The van der Waals surface area contributed by atoms with Crippen LogP contribution >= 0.6 is 0 Å². The lowest BCUT2D eigenvalue weighted by Gasteiger charge is -2.26. The van der Waals surface area contributed by atoms with Crippen LogP contribution in [0.3, 0.4) is 0 Å². The molecule has 3 aromatic carbocycles. The first-order valence-electron chi connectivity index (χ1n) is 9.91. The number of esters is 1. The highest BCUT2D eigenvalue weighted by atomic mass is 16.5. The van der Waals surface area contributed by atoms with Crippen LogP contribution in [-0.4, -0.2) is 26.8 Å². The molecular formula is C25H27NO4. The molecule has 0 bridgehead atoms. The lowest BCUT2D eigenvalue weighted by atomic mass is 10.1.